The van der Waals surface area contributed by atoms with E-state index in [1.165, 1.54) is 37.8 Å². The maximum absolute atomic E-state index is 13.5. The van der Waals surface area contributed by atoms with E-state index in [0.29, 0.717) is 17.9 Å². The summed E-state index contributed by atoms with van der Waals surface area (Å²) in [5.74, 6) is -1.99. The van der Waals surface area contributed by atoms with Gasteiger partial charge in [-0.15, -0.1) is 0 Å². The summed E-state index contributed by atoms with van der Waals surface area (Å²) in [5, 5.41) is 9.05. The van der Waals surface area contributed by atoms with Crippen LogP contribution in [0.1, 0.15) is 37.7 Å². The lowest BCUT2D eigenvalue weighted by Crippen LogP contribution is -2.14. The van der Waals surface area contributed by atoms with Crippen LogP contribution in [-0.2, 0) is 6.42 Å². The van der Waals surface area contributed by atoms with Crippen LogP contribution in [0.5, 0.6) is 5.75 Å². The van der Waals surface area contributed by atoms with E-state index in [1.807, 2.05) is 0 Å². The van der Waals surface area contributed by atoms with Crippen LogP contribution in [0.4, 0.5) is 8.78 Å². The Morgan fingerprint density at radius 1 is 1.11 bits per heavy atom. The molecule has 18 heavy (non-hydrogen) atoms. The van der Waals surface area contributed by atoms with E-state index >= 15 is 0 Å². The second kappa shape index (κ2) is 6.17. The molecular weight excluding hydrogens is 349 g/mol. The molecule has 1 fully saturated rings. The van der Waals surface area contributed by atoms with Gasteiger partial charge in [-0.3, -0.25) is 0 Å². The Balaban J connectivity index is 1.92. The zero-order valence-corrected chi connectivity index (χ0v) is 12.3. The van der Waals surface area contributed by atoms with Crippen molar-refractivity contribution >= 4 is 22.6 Å². The summed E-state index contributed by atoms with van der Waals surface area (Å²) >= 11 is 2.48. The van der Waals surface area contributed by atoms with E-state index in [2.05, 4.69) is 22.6 Å². The highest BCUT2D eigenvalue weighted by molar-refractivity contribution is 14.1. The summed E-state index contributed by atoms with van der Waals surface area (Å²) in [6.07, 6.45) is 6.31. The van der Waals surface area contributed by atoms with Crippen LogP contribution in [-0.4, -0.2) is 9.03 Å². The molecule has 1 N–H and O–H groups in total. The molecule has 0 radical (unpaired) electrons. The van der Waals surface area contributed by atoms with Crippen molar-refractivity contribution in [3.63, 3.8) is 0 Å². The quantitative estimate of drug-likeness (QED) is 0.613. The summed E-state index contributed by atoms with van der Waals surface area (Å²) in [4.78, 5) is 0. The Kier molecular flexibility index (Phi) is 4.81. The number of phenolic OH excluding ortho intramolecular Hbond substituents is 1. The van der Waals surface area contributed by atoms with Crippen molar-refractivity contribution in [2.24, 2.45) is 5.92 Å². The molecule has 1 aromatic carbocycles. The molecule has 4 heteroatoms. The molecule has 1 nitrogen and oxygen atoms in total. The fourth-order valence-electron chi connectivity index (χ4n) is 2.54. The van der Waals surface area contributed by atoms with Gasteiger partial charge in [0.2, 0.25) is 5.82 Å². The standard InChI is InChI=1S/C14H17F2IO/c15-13-10(5-8-12(18)14(13)16)4-1-9-2-6-11(17)7-3-9/h5,8-9,11,18H,1-4,6-7H2. The van der Waals surface area contributed by atoms with Crippen molar-refractivity contribution in [3.05, 3.63) is 29.3 Å². The van der Waals surface area contributed by atoms with Crippen molar-refractivity contribution in [1.82, 2.24) is 0 Å². The zero-order chi connectivity index (χ0) is 13.1. The summed E-state index contributed by atoms with van der Waals surface area (Å²) in [6.45, 7) is 0. The lowest BCUT2D eigenvalue weighted by molar-refractivity contribution is 0.347. The van der Waals surface area contributed by atoms with E-state index in [-0.39, 0.29) is 0 Å². The number of hydrogen-bond donors (Lipinski definition) is 1. The molecular formula is C14H17F2IO. The van der Waals surface area contributed by atoms with Crippen molar-refractivity contribution in [1.29, 1.82) is 0 Å². The highest BCUT2D eigenvalue weighted by atomic mass is 127. The largest absolute Gasteiger partial charge is 0.505 e. The Labute approximate surface area is 120 Å². The summed E-state index contributed by atoms with van der Waals surface area (Å²) in [6, 6.07) is 2.72. The Bertz CT molecular complexity index is 415. The SMILES string of the molecule is Oc1ccc(CCC2CCC(I)CC2)c(F)c1F. The van der Waals surface area contributed by atoms with Gasteiger partial charge in [0.15, 0.2) is 11.6 Å². The van der Waals surface area contributed by atoms with Crippen LogP contribution < -0.4 is 0 Å². The number of aryl methyl sites for hydroxylation is 1. The number of alkyl halides is 1. The van der Waals surface area contributed by atoms with E-state index < -0.39 is 17.4 Å². The number of halogens is 3. The molecule has 0 heterocycles. The molecule has 1 aliphatic carbocycles. The summed E-state index contributed by atoms with van der Waals surface area (Å²) in [5.41, 5.74) is 0.377. The minimum absolute atomic E-state index is 0.377. The molecule has 0 atom stereocenters. The molecule has 0 unspecified atom stereocenters. The molecule has 0 saturated heterocycles. The maximum Gasteiger partial charge on any atom is 0.200 e. The van der Waals surface area contributed by atoms with Crippen LogP contribution in [0, 0.1) is 17.6 Å². The molecule has 0 bridgehead atoms. The normalized spacial score (nSPS) is 24.2. The maximum atomic E-state index is 13.5. The highest BCUT2D eigenvalue weighted by Gasteiger charge is 2.20. The summed E-state index contributed by atoms with van der Waals surface area (Å²) < 4.78 is 27.5. The highest BCUT2D eigenvalue weighted by Crippen LogP contribution is 2.32. The van der Waals surface area contributed by atoms with Crippen molar-refractivity contribution in [2.75, 3.05) is 0 Å². The number of benzene rings is 1. The van der Waals surface area contributed by atoms with E-state index in [9.17, 15) is 8.78 Å². The molecule has 2 rings (SSSR count). The first-order valence-electron chi connectivity index (χ1n) is 6.38. The van der Waals surface area contributed by atoms with Gasteiger partial charge in [0.05, 0.1) is 0 Å². The van der Waals surface area contributed by atoms with Crippen molar-refractivity contribution < 1.29 is 13.9 Å². The molecule has 0 aromatic heterocycles. The number of rotatable bonds is 3. The van der Waals surface area contributed by atoms with Crippen molar-refractivity contribution in [2.45, 2.75) is 42.4 Å². The molecule has 1 saturated carbocycles. The Morgan fingerprint density at radius 2 is 1.78 bits per heavy atom. The Morgan fingerprint density at radius 3 is 2.44 bits per heavy atom. The third-order valence-corrected chi connectivity index (χ3v) is 4.99. The van der Waals surface area contributed by atoms with Gasteiger partial charge in [0, 0.05) is 3.92 Å². The fourth-order valence-corrected chi connectivity index (χ4v) is 3.26. The monoisotopic (exact) mass is 366 g/mol. The van der Waals surface area contributed by atoms with Crippen LogP contribution in [0.2, 0.25) is 0 Å². The minimum atomic E-state index is -1.12. The van der Waals surface area contributed by atoms with Crippen LogP contribution in [0.25, 0.3) is 0 Å². The van der Waals surface area contributed by atoms with Gasteiger partial charge < -0.3 is 5.11 Å². The minimum Gasteiger partial charge on any atom is -0.505 e. The molecule has 0 spiro atoms. The third kappa shape index (κ3) is 3.33. The first kappa shape index (κ1) is 14.0. The van der Waals surface area contributed by atoms with E-state index in [4.69, 9.17) is 5.11 Å². The van der Waals surface area contributed by atoms with Gasteiger partial charge >= 0.3 is 0 Å². The summed E-state index contributed by atoms with van der Waals surface area (Å²) in [7, 11) is 0. The fraction of sp³-hybridized carbons (Fsp3) is 0.571. The van der Waals surface area contributed by atoms with Gasteiger partial charge in [-0.1, -0.05) is 28.7 Å². The number of hydrogen-bond acceptors (Lipinski definition) is 1. The zero-order valence-electron chi connectivity index (χ0n) is 10.1. The van der Waals surface area contributed by atoms with Gasteiger partial charge in [-0.2, -0.15) is 4.39 Å². The Hall–Kier alpha value is -0.390. The lowest BCUT2D eigenvalue weighted by atomic mass is 9.85. The third-order valence-electron chi connectivity index (χ3n) is 3.74. The van der Waals surface area contributed by atoms with Gasteiger partial charge in [-0.25, -0.2) is 4.39 Å². The van der Waals surface area contributed by atoms with Crippen LogP contribution in [0.15, 0.2) is 12.1 Å². The average molecular weight is 366 g/mol. The van der Waals surface area contributed by atoms with E-state index in [0.717, 1.165) is 10.3 Å². The number of phenols is 1. The van der Waals surface area contributed by atoms with Crippen LogP contribution >= 0.6 is 22.6 Å². The lowest BCUT2D eigenvalue weighted by Gasteiger charge is -2.25. The van der Waals surface area contributed by atoms with Gasteiger partial charge in [0.25, 0.3) is 0 Å². The topological polar surface area (TPSA) is 20.2 Å². The predicted octanol–water partition coefficient (Wildman–Crippen LogP) is 4.60. The number of aromatic hydroxyl groups is 1. The first-order valence-corrected chi connectivity index (χ1v) is 7.62. The van der Waals surface area contributed by atoms with Gasteiger partial charge in [0.1, 0.15) is 0 Å². The second-order valence-corrected chi connectivity index (χ2v) is 6.79. The molecule has 1 aromatic rings. The second-order valence-electron chi connectivity index (χ2n) is 5.03. The first-order chi connectivity index (χ1) is 8.58. The van der Waals surface area contributed by atoms with E-state index in [1.54, 1.807) is 0 Å². The predicted molar refractivity (Wildman–Crippen MR) is 76.1 cm³/mol. The van der Waals surface area contributed by atoms with Gasteiger partial charge in [-0.05, 0) is 56.1 Å². The van der Waals surface area contributed by atoms with Crippen LogP contribution in [0.3, 0.4) is 0 Å². The van der Waals surface area contributed by atoms with Crippen molar-refractivity contribution in [3.8, 4) is 5.75 Å². The molecule has 100 valence electrons. The smallest absolute Gasteiger partial charge is 0.200 e. The molecule has 0 aliphatic heterocycles. The average Bonchev–Trinajstić information content (AvgIpc) is 2.37. The molecule has 0 amide bonds. The molecule has 1 aliphatic rings.